The van der Waals surface area contributed by atoms with Crippen LogP contribution in [-0.4, -0.2) is 32.8 Å². The van der Waals surface area contributed by atoms with E-state index in [1.54, 1.807) is 0 Å². The van der Waals surface area contributed by atoms with Gasteiger partial charge in [0.15, 0.2) is 0 Å². The fourth-order valence-corrected chi connectivity index (χ4v) is 2.29. The molecule has 0 fully saturated rings. The summed E-state index contributed by atoms with van der Waals surface area (Å²) in [5, 5.41) is 2.07. The molecule has 0 unspecified atom stereocenters. The summed E-state index contributed by atoms with van der Waals surface area (Å²) in [6.07, 6.45) is 3.59. The normalized spacial score (nSPS) is 16.2. The van der Waals surface area contributed by atoms with Crippen molar-refractivity contribution in [3.05, 3.63) is 47.7 Å². The molecule has 0 aliphatic carbocycles. The summed E-state index contributed by atoms with van der Waals surface area (Å²) in [6.45, 7) is 1.79. The van der Waals surface area contributed by atoms with E-state index in [4.69, 9.17) is 4.18 Å². The van der Waals surface area contributed by atoms with Crippen LogP contribution in [0.2, 0.25) is 0 Å². The topological polar surface area (TPSA) is 58.6 Å². The van der Waals surface area contributed by atoms with Gasteiger partial charge < -0.3 is 5.43 Å². The van der Waals surface area contributed by atoms with E-state index in [0.29, 0.717) is 6.42 Å². The maximum Gasteiger partial charge on any atom is 0.264 e. The molecular formula is C13H18N2O3S. The summed E-state index contributed by atoms with van der Waals surface area (Å²) in [4.78, 5) is 0. The van der Waals surface area contributed by atoms with Crippen molar-refractivity contribution in [2.24, 2.45) is 0 Å². The Balaban J connectivity index is 1.74. The molecule has 1 aliphatic heterocycles. The van der Waals surface area contributed by atoms with Crippen molar-refractivity contribution in [2.75, 3.05) is 19.4 Å². The van der Waals surface area contributed by atoms with Crippen LogP contribution in [0.1, 0.15) is 12.0 Å². The number of hydrazine groups is 1. The largest absolute Gasteiger partial charge is 0.326 e. The van der Waals surface area contributed by atoms with Gasteiger partial charge in [-0.25, -0.2) is 5.01 Å². The molecule has 0 radical (unpaired) electrons. The molecule has 1 N–H and O–H groups in total. The standard InChI is InChI=1S/C13H18N2O3S/c1-19(16,17)18-8-7-13-9-14-15(11-13)10-12-5-3-2-4-6-12/h2-6,9,14H,7-8,10-11H2,1H3. The number of hydrogen-bond acceptors (Lipinski definition) is 5. The number of nitrogens with one attached hydrogen (secondary N) is 1. The van der Waals surface area contributed by atoms with E-state index in [-0.39, 0.29) is 6.61 Å². The summed E-state index contributed by atoms with van der Waals surface area (Å²) in [6, 6.07) is 10.2. The minimum Gasteiger partial charge on any atom is -0.326 e. The minimum atomic E-state index is -3.34. The van der Waals surface area contributed by atoms with Crippen LogP contribution in [0.3, 0.4) is 0 Å². The van der Waals surface area contributed by atoms with E-state index in [9.17, 15) is 8.42 Å². The van der Waals surface area contributed by atoms with Gasteiger partial charge in [0, 0.05) is 19.3 Å². The zero-order valence-electron chi connectivity index (χ0n) is 10.9. The highest BCUT2D eigenvalue weighted by atomic mass is 32.2. The van der Waals surface area contributed by atoms with E-state index in [0.717, 1.165) is 24.9 Å². The van der Waals surface area contributed by atoms with E-state index < -0.39 is 10.1 Å². The molecule has 19 heavy (non-hydrogen) atoms. The first-order valence-corrected chi connectivity index (χ1v) is 7.92. The molecule has 1 aromatic rings. The van der Waals surface area contributed by atoms with Crippen LogP contribution in [0.4, 0.5) is 0 Å². The van der Waals surface area contributed by atoms with Crippen LogP contribution in [0.15, 0.2) is 42.1 Å². The summed E-state index contributed by atoms with van der Waals surface area (Å²) in [7, 11) is -3.34. The summed E-state index contributed by atoms with van der Waals surface area (Å²) >= 11 is 0. The smallest absolute Gasteiger partial charge is 0.264 e. The molecule has 0 saturated heterocycles. The molecule has 6 heteroatoms. The van der Waals surface area contributed by atoms with Crippen LogP contribution in [0.25, 0.3) is 0 Å². The SMILES string of the molecule is CS(=O)(=O)OCCC1=CNN(Cc2ccccc2)C1. The van der Waals surface area contributed by atoms with Gasteiger partial charge in [-0.15, -0.1) is 0 Å². The van der Waals surface area contributed by atoms with Gasteiger partial charge in [0.2, 0.25) is 0 Å². The number of rotatable bonds is 6. The fraction of sp³-hybridized carbons (Fsp3) is 0.385. The van der Waals surface area contributed by atoms with Gasteiger partial charge >= 0.3 is 0 Å². The Morgan fingerprint density at radius 3 is 2.74 bits per heavy atom. The van der Waals surface area contributed by atoms with E-state index in [1.807, 2.05) is 24.4 Å². The van der Waals surface area contributed by atoms with Gasteiger partial charge in [0.25, 0.3) is 10.1 Å². The monoisotopic (exact) mass is 282 g/mol. The highest BCUT2D eigenvalue weighted by Crippen LogP contribution is 2.12. The van der Waals surface area contributed by atoms with Gasteiger partial charge in [0.1, 0.15) is 0 Å². The Hall–Kier alpha value is -1.37. The van der Waals surface area contributed by atoms with Gasteiger partial charge in [-0.1, -0.05) is 30.3 Å². The van der Waals surface area contributed by atoms with Gasteiger partial charge in [-0.3, -0.25) is 4.18 Å². The molecule has 104 valence electrons. The quantitative estimate of drug-likeness (QED) is 0.796. The predicted octanol–water partition coefficient (Wildman–Crippen LogP) is 1.26. The lowest BCUT2D eigenvalue weighted by molar-refractivity contribution is 0.251. The van der Waals surface area contributed by atoms with Crippen LogP contribution in [-0.2, 0) is 20.8 Å². The second-order valence-electron chi connectivity index (χ2n) is 4.55. The highest BCUT2D eigenvalue weighted by molar-refractivity contribution is 7.85. The van der Waals surface area contributed by atoms with Crippen molar-refractivity contribution in [1.29, 1.82) is 0 Å². The molecule has 1 heterocycles. The van der Waals surface area contributed by atoms with Crippen molar-refractivity contribution in [3.8, 4) is 0 Å². The van der Waals surface area contributed by atoms with Gasteiger partial charge in [0.05, 0.1) is 12.9 Å². The maximum absolute atomic E-state index is 10.8. The van der Waals surface area contributed by atoms with Gasteiger partial charge in [-0.05, 0) is 17.6 Å². The summed E-state index contributed by atoms with van der Waals surface area (Å²) in [5.74, 6) is 0. The lowest BCUT2D eigenvalue weighted by atomic mass is 10.2. The third-order valence-corrected chi connectivity index (χ3v) is 3.38. The molecule has 2 rings (SSSR count). The molecule has 0 atom stereocenters. The Labute approximate surface area is 114 Å². The molecule has 0 bridgehead atoms. The molecule has 1 aromatic carbocycles. The lowest BCUT2D eigenvalue weighted by Gasteiger charge is -2.16. The number of nitrogens with zero attached hydrogens (tertiary/aromatic N) is 1. The van der Waals surface area contributed by atoms with Crippen molar-refractivity contribution in [1.82, 2.24) is 10.4 Å². The molecule has 0 saturated carbocycles. The Morgan fingerprint density at radius 1 is 1.32 bits per heavy atom. The van der Waals surface area contributed by atoms with E-state index >= 15 is 0 Å². The fourth-order valence-electron chi connectivity index (χ4n) is 1.90. The highest BCUT2D eigenvalue weighted by Gasteiger charge is 2.14. The molecule has 0 amide bonds. The van der Waals surface area contributed by atoms with Gasteiger partial charge in [-0.2, -0.15) is 8.42 Å². The average molecular weight is 282 g/mol. The zero-order valence-corrected chi connectivity index (χ0v) is 11.7. The molecular weight excluding hydrogens is 264 g/mol. The van der Waals surface area contributed by atoms with Crippen LogP contribution in [0.5, 0.6) is 0 Å². The lowest BCUT2D eigenvalue weighted by Crippen LogP contribution is -2.29. The second kappa shape index (κ2) is 6.18. The summed E-state index contributed by atoms with van der Waals surface area (Å²) in [5.41, 5.74) is 5.54. The van der Waals surface area contributed by atoms with Crippen LogP contribution < -0.4 is 5.43 Å². The first kappa shape index (κ1) is 14.0. The molecule has 1 aliphatic rings. The molecule has 0 aromatic heterocycles. The first-order valence-electron chi connectivity index (χ1n) is 6.10. The molecule has 5 nitrogen and oxygen atoms in total. The van der Waals surface area contributed by atoms with Crippen molar-refractivity contribution in [3.63, 3.8) is 0 Å². The van der Waals surface area contributed by atoms with E-state index in [2.05, 4.69) is 22.6 Å². The van der Waals surface area contributed by atoms with Crippen molar-refractivity contribution < 1.29 is 12.6 Å². The Morgan fingerprint density at radius 2 is 2.05 bits per heavy atom. The predicted molar refractivity (Wildman–Crippen MR) is 73.5 cm³/mol. The first-order chi connectivity index (χ1) is 9.03. The van der Waals surface area contributed by atoms with Crippen molar-refractivity contribution >= 4 is 10.1 Å². The minimum absolute atomic E-state index is 0.200. The summed E-state index contributed by atoms with van der Waals surface area (Å²) < 4.78 is 26.4. The van der Waals surface area contributed by atoms with Crippen molar-refractivity contribution in [2.45, 2.75) is 13.0 Å². The second-order valence-corrected chi connectivity index (χ2v) is 6.19. The maximum atomic E-state index is 10.8. The number of hydrogen-bond donors (Lipinski definition) is 1. The average Bonchev–Trinajstić information content (AvgIpc) is 2.76. The Kier molecular flexibility index (Phi) is 4.57. The molecule has 0 spiro atoms. The number of benzene rings is 1. The van der Waals surface area contributed by atoms with Crippen LogP contribution >= 0.6 is 0 Å². The van der Waals surface area contributed by atoms with E-state index in [1.165, 1.54) is 5.56 Å². The Bertz CT molecular complexity index is 540. The zero-order chi connectivity index (χ0) is 13.7. The third-order valence-electron chi connectivity index (χ3n) is 2.78. The van der Waals surface area contributed by atoms with Crippen LogP contribution in [0, 0.1) is 0 Å². The third kappa shape index (κ3) is 5.02.